The fourth-order valence-corrected chi connectivity index (χ4v) is 1.79. The third kappa shape index (κ3) is 5.79. The summed E-state index contributed by atoms with van der Waals surface area (Å²) >= 11 is 5.83. The summed E-state index contributed by atoms with van der Waals surface area (Å²) in [6.45, 7) is 0.646. The quantitative estimate of drug-likeness (QED) is 0.463. The van der Waals surface area contributed by atoms with Crippen LogP contribution in [0, 0.1) is 0 Å². The van der Waals surface area contributed by atoms with Gasteiger partial charge in [-0.3, -0.25) is 4.99 Å². The second-order valence-corrected chi connectivity index (χ2v) is 4.57. The summed E-state index contributed by atoms with van der Waals surface area (Å²) in [7, 11) is 0. The van der Waals surface area contributed by atoms with Gasteiger partial charge in [0.25, 0.3) is 0 Å². The third-order valence-corrected chi connectivity index (χ3v) is 2.89. The molecule has 3 N–H and O–H groups in total. The van der Waals surface area contributed by atoms with Crippen LogP contribution in [0.1, 0.15) is 5.56 Å². The summed E-state index contributed by atoms with van der Waals surface area (Å²) in [5.74, 6) is 0.431. The normalized spacial score (nSPS) is 10.8. The predicted octanol–water partition coefficient (Wildman–Crippen LogP) is 3.93. The second kappa shape index (κ2) is 8.81. The minimum atomic E-state index is 0. The lowest BCUT2D eigenvalue weighted by Crippen LogP contribution is -2.22. The minimum absolute atomic E-state index is 0. The SMILES string of the molecule is I.NC(=NCCc1ccc(Cl)cc1)Nc1ccccc1. The molecular weight excluding hydrogens is 385 g/mol. The standard InChI is InChI=1S/C15H16ClN3.HI/c16-13-8-6-12(7-9-13)10-11-18-15(17)19-14-4-2-1-3-5-14;/h1-9H,10-11H2,(H3,17,18,19);1H. The molecule has 0 saturated heterocycles. The number of nitrogens with two attached hydrogens (primary N) is 1. The van der Waals surface area contributed by atoms with Gasteiger partial charge in [0, 0.05) is 17.3 Å². The van der Waals surface area contributed by atoms with E-state index >= 15 is 0 Å². The summed E-state index contributed by atoms with van der Waals surface area (Å²) in [6, 6.07) is 17.5. The maximum Gasteiger partial charge on any atom is 0.193 e. The van der Waals surface area contributed by atoms with Crippen molar-refractivity contribution in [3.05, 3.63) is 65.2 Å². The number of guanidine groups is 1. The molecule has 0 spiro atoms. The fourth-order valence-electron chi connectivity index (χ4n) is 1.67. The number of aliphatic imine (C=N–C) groups is 1. The van der Waals surface area contributed by atoms with Gasteiger partial charge in [0.2, 0.25) is 0 Å². The first-order chi connectivity index (χ1) is 9.24. The van der Waals surface area contributed by atoms with Gasteiger partial charge in [-0.15, -0.1) is 24.0 Å². The molecule has 0 amide bonds. The van der Waals surface area contributed by atoms with Gasteiger partial charge in [0.1, 0.15) is 0 Å². The monoisotopic (exact) mass is 401 g/mol. The molecule has 0 radical (unpaired) electrons. The van der Waals surface area contributed by atoms with Crippen LogP contribution in [0.5, 0.6) is 0 Å². The Morgan fingerprint density at radius 3 is 2.35 bits per heavy atom. The van der Waals surface area contributed by atoms with E-state index in [1.165, 1.54) is 5.56 Å². The zero-order valence-corrected chi connectivity index (χ0v) is 14.0. The maximum absolute atomic E-state index is 5.83. The van der Waals surface area contributed by atoms with Gasteiger partial charge in [0.05, 0.1) is 0 Å². The number of halogens is 2. The van der Waals surface area contributed by atoms with Crippen LogP contribution in [-0.2, 0) is 6.42 Å². The van der Waals surface area contributed by atoms with Crippen LogP contribution in [-0.4, -0.2) is 12.5 Å². The fraction of sp³-hybridized carbons (Fsp3) is 0.133. The summed E-state index contributed by atoms with van der Waals surface area (Å²) in [6.07, 6.45) is 0.842. The number of rotatable bonds is 4. The summed E-state index contributed by atoms with van der Waals surface area (Å²) < 4.78 is 0. The average molecular weight is 402 g/mol. The lowest BCUT2D eigenvalue weighted by Gasteiger charge is -2.05. The molecule has 2 rings (SSSR count). The van der Waals surface area contributed by atoms with Crippen molar-refractivity contribution in [3.63, 3.8) is 0 Å². The van der Waals surface area contributed by atoms with Crippen LogP contribution in [0.3, 0.4) is 0 Å². The molecule has 0 aromatic heterocycles. The van der Waals surface area contributed by atoms with Crippen molar-refractivity contribution in [2.45, 2.75) is 6.42 Å². The Morgan fingerprint density at radius 1 is 1.05 bits per heavy atom. The highest BCUT2D eigenvalue weighted by molar-refractivity contribution is 14.0. The first-order valence-corrected chi connectivity index (χ1v) is 6.48. The highest BCUT2D eigenvalue weighted by Crippen LogP contribution is 2.10. The van der Waals surface area contributed by atoms with Gasteiger partial charge in [-0.25, -0.2) is 0 Å². The molecule has 0 aliphatic carbocycles. The maximum atomic E-state index is 5.83. The molecular formula is C15H17ClIN3. The van der Waals surface area contributed by atoms with Gasteiger partial charge in [-0.1, -0.05) is 41.9 Å². The van der Waals surface area contributed by atoms with Gasteiger partial charge >= 0.3 is 0 Å². The Kier molecular flexibility index (Phi) is 7.40. The van der Waals surface area contributed by atoms with E-state index in [0.29, 0.717) is 12.5 Å². The van der Waals surface area contributed by atoms with Crippen LogP contribution < -0.4 is 11.1 Å². The third-order valence-electron chi connectivity index (χ3n) is 2.64. The summed E-state index contributed by atoms with van der Waals surface area (Å²) in [4.78, 5) is 4.29. The van der Waals surface area contributed by atoms with E-state index in [2.05, 4.69) is 10.3 Å². The number of hydrogen-bond acceptors (Lipinski definition) is 1. The van der Waals surface area contributed by atoms with Gasteiger partial charge in [0.15, 0.2) is 5.96 Å². The van der Waals surface area contributed by atoms with E-state index in [1.807, 2.05) is 54.6 Å². The lowest BCUT2D eigenvalue weighted by molar-refractivity contribution is 0.965. The molecule has 5 heteroatoms. The molecule has 2 aromatic rings. The van der Waals surface area contributed by atoms with Crippen LogP contribution in [0.4, 0.5) is 5.69 Å². The van der Waals surface area contributed by atoms with E-state index in [9.17, 15) is 0 Å². The van der Waals surface area contributed by atoms with Gasteiger partial charge in [-0.05, 0) is 36.2 Å². The van der Waals surface area contributed by atoms with E-state index in [-0.39, 0.29) is 24.0 Å². The summed E-state index contributed by atoms with van der Waals surface area (Å²) in [5, 5.41) is 3.79. The molecule has 0 atom stereocenters. The van der Waals surface area contributed by atoms with Gasteiger partial charge < -0.3 is 11.1 Å². The van der Waals surface area contributed by atoms with Crippen molar-refractivity contribution in [1.29, 1.82) is 0 Å². The van der Waals surface area contributed by atoms with Crippen molar-refractivity contribution >= 4 is 47.2 Å². The van der Waals surface area contributed by atoms with Crippen LogP contribution in [0.25, 0.3) is 0 Å². The van der Waals surface area contributed by atoms with E-state index in [0.717, 1.165) is 17.1 Å². The van der Waals surface area contributed by atoms with Crippen molar-refractivity contribution in [2.24, 2.45) is 10.7 Å². The molecule has 0 saturated carbocycles. The van der Waals surface area contributed by atoms with Crippen molar-refractivity contribution in [2.75, 3.05) is 11.9 Å². The highest BCUT2D eigenvalue weighted by Gasteiger charge is 1.95. The second-order valence-electron chi connectivity index (χ2n) is 4.13. The zero-order valence-electron chi connectivity index (χ0n) is 10.9. The van der Waals surface area contributed by atoms with Crippen molar-refractivity contribution < 1.29 is 0 Å². The summed E-state index contributed by atoms with van der Waals surface area (Å²) in [5.41, 5.74) is 7.95. The molecule has 3 nitrogen and oxygen atoms in total. The van der Waals surface area contributed by atoms with Gasteiger partial charge in [-0.2, -0.15) is 0 Å². The molecule has 0 unspecified atom stereocenters. The van der Waals surface area contributed by atoms with Crippen molar-refractivity contribution in [3.8, 4) is 0 Å². The lowest BCUT2D eigenvalue weighted by atomic mass is 10.1. The largest absolute Gasteiger partial charge is 0.370 e. The number of anilines is 1. The molecule has 106 valence electrons. The Balaban J connectivity index is 0.00000200. The van der Waals surface area contributed by atoms with E-state index in [1.54, 1.807) is 0 Å². The topological polar surface area (TPSA) is 50.4 Å². The molecule has 0 fully saturated rings. The number of para-hydroxylation sites is 1. The average Bonchev–Trinajstić information content (AvgIpc) is 2.42. The van der Waals surface area contributed by atoms with Crippen LogP contribution in [0.15, 0.2) is 59.6 Å². The predicted molar refractivity (Wildman–Crippen MR) is 97.1 cm³/mol. The minimum Gasteiger partial charge on any atom is -0.370 e. The van der Waals surface area contributed by atoms with Crippen LogP contribution in [0.2, 0.25) is 5.02 Å². The molecule has 0 bridgehead atoms. The Morgan fingerprint density at radius 2 is 1.70 bits per heavy atom. The van der Waals surface area contributed by atoms with Crippen molar-refractivity contribution in [1.82, 2.24) is 0 Å². The number of benzene rings is 2. The molecule has 2 aromatic carbocycles. The van der Waals surface area contributed by atoms with E-state index < -0.39 is 0 Å². The number of nitrogens with one attached hydrogen (secondary N) is 1. The molecule has 0 heterocycles. The Labute approximate surface area is 141 Å². The molecule has 20 heavy (non-hydrogen) atoms. The van der Waals surface area contributed by atoms with E-state index in [4.69, 9.17) is 17.3 Å². The first kappa shape index (κ1) is 16.8. The molecule has 0 aliphatic rings. The first-order valence-electron chi connectivity index (χ1n) is 6.10. The highest BCUT2D eigenvalue weighted by atomic mass is 127. The zero-order chi connectivity index (χ0) is 13.5. The number of nitrogens with zero attached hydrogens (tertiary/aromatic N) is 1. The smallest absolute Gasteiger partial charge is 0.193 e. The van der Waals surface area contributed by atoms with Crippen LogP contribution >= 0.6 is 35.6 Å². The Hall–Kier alpha value is -1.27. The molecule has 0 aliphatic heterocycles. The number of hydrogen-bond donors (Lipinski definition) is 2. The Bertz CT molecular complexity index is 541.